The molecule has 3 rings (SSSR count). The van der Waals surface area contributed by atoms with Crippen molar-refractivity contribution >= 4 is 55.1 Å². The van der Waals surface area contributed by atoms with Crippen LogP contribution in [0.3, 0.4) is 0 Å². The fourth-order valence-electron chi connectivity index (χ4n) is 2.43. The second-order valence-corrected chi connectivity index (χ2v) is 6.79. The van der Waals surface area contributed by atoms with Gasteiger partial charge in [-0.15, -0.1) is 0 Å². The van der Waals surface area contributed by atoms with Crippen molar-refractivity contribution in [3.63, 3.8) is 0 Å². The van der Waals surface area contributed by atoms with Crippen LogP contribution in [-0.2, 0) is 11.2 Å². The number of hydrogen-bond acceptors (Lipinski definition) is 2. The number of benzene rings is 2. The molecule has 0 fully saturated rings. The molecular weight excluding hydrogens is 410 g/mol. The molecule has 0 saturated heterocycles. The van der Waals surface area contributed by atoms with Crippen molar-refractivity contribution in [3.05, 3.63) is 56.0 Å². The Morgan fingerprint density at radius 2 is 1.86 bits per heavy atom. The molecule has 112 valence electrons. The third-order valence-electron chi connectivity index (χ3n) is 3.63. The quantitative estimate of drug-likeness (QED) is 0.671. The van der Waals surface area contributed by atoms with E-state index < -0.39 is 0 Å². The average Bonchev–Trinajstić information content (AvgIpc) is 2.80. The van der Waals surface area contributed by atoms with E-state index in [0.717, 1.165) is 23.2 Å². The van der Waals surface area contributed by atoms with Gasteiger partial charge in [0.2, 0.25) is 0 Å². The van der Waals surface area contributed by atoms with E-state index in [1.165, 1.54) is 5.56 Å². The fraction of sp³-hybridized carbons (Fsp3) is 0.118. The highest BCUT2D eigenvalue weighted by Crippen LogP contribution is 2.37. The average molecular weight is 423 g/mol. The Kier molecular flexibility index (Phi) is 4.10. The fourth-order valence-corrected chi connectivity index (χ4v) is 3.66. The van der Waals surface area contributed by atoms with Gasteiger partial charge in [-0.05, 0) is 79.7 Å². The molecule has 22 heavy (non-hydrogen) atoms. The molecule has 0 aliphatic carbocycles. The maximum absolute atomic E-state index is 12.2. The summed E-state index contributed by atoms with van der Waals surface area (Å²) in [6.45, 7) is 2.09. The first-order valence-corrected chi connectivity index (χ1v) is 8.42. The number of halogens is 2. The first kappa shape index (κ1) is 15.3. The number of aromatic hydroxyl groups is 1. The van der Waals surface area contributed by atoms with Gasteiger partial charge in [0, 0.05) is 16.8 Å². The molecule has 1 amide bonds. The molecule has 5 heteroatoms. The van der Waals surface area contributed by atoms with Gasteiger partial charge in [-0.3, -0.25) is 4.79 Å². The molecule has 0 aromatic heterocycles. The van der Waals surface area contributed by atoms with Gasteiger partial charge in [-0.1, -0.05) is 13.0 Å². The molecule has 1 aliphatic heterocycles. The van der Waals surface area contributed by atoms with Crippen LogP contribution in [-0.4, -0.2) is 11.0 Å². The zero-order valence-electron chi connectivity index (χ0n) is 11.8. The molecule has 2 N–H and O–H groups in total. The van der Waals surface area contributed by atoms with E-state index in [4.69, 9.17) is 0 Å². The van der Waals surface area contributed by atoms with E-state index >= 15 is 0 Å². The van der Waals surface area contributed by atoms with Crippen molar-refractivity contribution in [1.82, 2.24) is 0 Å². The molecule has 0 saturated carbocycles. The standard InChI is InChI=1S/C17H13Br2NO2/c1-2-9-3-4-15-11(5-9)12(17(22)20-15)6-10-7-13(18)16(21)14(19)8-10/h3-8,21H,2H2,1H3,(H,20,22)/b12-6-. The van der Waals surface area contributed by atoms with Crippen LogP contribution in [0.1, 0.15) is 23.6 Å². The number of aryl methyl sites for hydroxylation is 1. The number of phenolic OH excluding ortho intramolecular Hbond substituents is 1. The molecule has 2 aromatic rings. The Balaban J connectivity index is 2.11. The molecule has 0 radical (unpaired) electrons. The van der Waals surface area contributed by atoms with E-state index in [-0.39, 0.29) is 11.7 Å². The van der Waals surface area contributed by atoms with Gasteiger partial charge in [-0.2, -0.15) is 0 Å². The topological polar surface area (TPSA) is 49.3 Å². The van der Waals surface area contributed by atoms with Gasteiger partial charge in [0.05, 0.1) is 8.95 Å². The van der Waals surface area contributed by atoms with Gasteiger partial charge < -0.3 is 10.4 Å². The summed E-state index contributed by atoms with van der Waals surface area (Å²) in [7, 11) is 0. The first-order valence-electron chi connectivity index (χ1n) is 6.84. The van der Waals surface area contributed by atoms with Gasteiger partial charge in [0.25, 0.3) is 5.91 Å². The predicted molar refractivity (Wildman–Crippen MR) is 95.8 cm³/mol. The maximum atomic E-state index is 12.2. The third kappa shape index (κ3) is 2.71. The van der Waals surface area contributed by atoms with Crippen molar-refractivity contribution < 1.29 is 9.90 Å². The van der Waals surface area contributed by atoms with Crippen molar-refractivity contribution in [2.75, 3.05) is 5.32 Å². The summed E-state index contributed by atoms with van der Waals surface area (Å²) in [4.78, 5) is 12.2. The van der Waals surface area contributed by atoms with E-state index in [1.54, 1.807) is 12.1 Å². The third-order valence-corrected chi connectivity index (χ3v) is 4.83. The van der Waals surface area contributed by atoms with Gasteiger partial charge >= 0.3 is 0 Å². The molecule has 0 atom stereocenters. The summed E-state index contributed by atoms with van der Waals surface area (Å²) in [6, 6.07) is 9.57. The number of nitrogens with one attached hydrogen (secondary N) is 1. The smallest absolute Gasteiger partial charge is 0.256 e. The largest absolute Gasteiger partial charge is 0.506 e. The molecule has 0 bridgehead atoms. The van der Waals surface area contributed by atoms with E-state index in [1.807, 2.05) is 24.3 Å². The number of anilines is 1. The number of hydrogen-bond donors (Lipinski definition) is 2. The summed E-state index contributed by atoms with van der Waals surface area (Å²) < 4.78 is 1.16. The van der Waals surface area contributed by atoms with Crippen LogP contribution in [0.15, 0.2) is 39.3 Å². The zero-order valence-corrected chi connectivity index (χ0v) is 15.0. The van der Waals surface area contributed by atoms with Gasteiger partial charge in [0.1, 0.15) is 5.75 Å². The highest BCUT2D eigenvalue weighted by atomic mass is 79.9. The summed E-state index contributed by atoms with van der Waals surface area (Å²) in [6.07, 6.45) is 2.75. The Morgan fingerprint density at radius 1 is 1.18 bits per heavy atom. The molecule has 0 unspecified atom stereocenters. The van der Waals surface area contributed by atoms with E-state index in [9.17, 15) is 9.90 Å². The Morgan fingerprint density at radius 3 is 2.50 bits per heavy atom. The number of carbonyl (C=O) groups excluding carboxylic acids is 1. The lowest BCUT2D eigenvalue weighted by atomic mass is 10.0. The highest BCUT2D eigenvalue weighted by Gasteiger charge is 2.24. The Hall–Kier alpha value is -1.59. The molecule has 3 nitrogen and oxygen atoms in total. The molecular formula is C17H13Br2NO2. The highest BCUT2D eigenvalue weighted by molar-refractivity contribution is 9.11. The molecule has 0 spiro atoms. The number of fused-ring (bicyclic) bond motifs is 1. The van der Waals surface area contributed by atoms with Crippen LogP contribution >= 0.6 is 31.9 Å². The van der Waals surface area contributed by atoms with Crippen molar-refractivity contribution in [2.24, 2.45) is 0 Å². The van der Waals surface area contributed by atoms with Crippen LogP contribution in [0.2, 0.25) is 0 Å². The van der Waals surface area contributed by atoms with Crippen LogP contribution in [0.5, 0.6) is 5.75 Å². The lowest BCUT2D eigenvalue weighted by Gasteiger charge is -2.04. The summed E-state index contributed by atoms with van der Waals surface area (Å²) in [5, 5.41) is 12.7. The van der Waals surface area contributed by atoms with Crippen LogP contribution < -0.4 is 5.32 Å². The van der Waals surface area contributed by atoms with Crippen molar-refractivity contribution in [1.29, 1.82) is 0 Å². The lowest BCUT2D eigenvalue weighted by molar-refractivity contribution is -0.110. The summed E-state index contributed by atoms with van der Waals surface area (Å²) >= 11 is 6.61. The zero-order chi connectivity index (χ0) is 15.9. The minimum atomic E-state index is -0.108. The minimum absolute atomic E-state index is 0.108. The van der Waals surface area contributed by atoms with Crippen LogP contribution in [0, 0.1) is 0 Å². The van der Waals surface area contributed by atoms with Crippen LogP contribution in [0.25, 0.3) is 11.6 Å². The summed E-state index contributed by atoms with van der Waals surface area (Å²) in [5.74, 6) is 0.0373. The van der Waals surface area contributed by atoms with Crippen LogP contribution in [0.4, 0.5) is 5.69 Å². The number of carbonyl (C=O) groups is 1. The van der Waals surface area contributed by atoms with E-state index in [2.05, 4.69) is 44.1 Å². The minimum Gasteiger partial charge on any atom is -0.506 e. The molecule has 1 heterocycles. The Bertz CT molecular complexity index is 789. The lowest BCUT2D eigenvalue weighted by Crippen LogP contribution is -2.03. The van der Waals surface area contributed by atoms with Gasteiger partial charge in [0.15, 0.2) is 0 Å². The molecule has 2 aromatic carbocycles. The molecule has 1 aliphatic rings. The van der Waals surface area contributed by atoms with E-state index in [0.29, 0.717) is 14.5 Å². The first-order chi connectivity index (χ1) is 10.5. The maximum Gasteiger partial charge on any atom is 0.256 e. The normalized spacial score (nSPS) is 15.0. The van der Waals surface area contributed by atoms with Crippen molar-refractivity contribution in [2.45, 2.75) is 13.3 Å². The monoisotopic (exact) mass is 421 g/mol. The second-order valence-electron chi connectivity index (χ2n) is 5.08. The SMILES string of the molecule is CCc1ccc2c(c1)/C(=C/c1cc(Br)c(O)c(Br)c1)C(=O)N2. The Labute approximate surface area is 145 Å². The van der Waals surface area contributed by atoms with Gasteiger partial charge in [-0.25, -0.2) is 0 Å². The number of amides is 1. The second kappa shape index (κ2) is 5.89. The van der Waals surface area contributed by atoms with Crippen molar-refractivity contribution in [3.8, 4) is 5.75 Å². The number of phenols is 1. The number of rotatable bonds is 2. The predicted octanol–water partition coefficient (Wildman–Crippen LogP) is 4.97. The summed E-state index contributed by atoms with van der Waals surface area (Å²) in [5.41, 5.74) is 4.41.